The Kier molecular flexibility index (Phi) is 6.03. The maximum atomic E-state index is 13.0. The molecule has 9 nitrogen and oxygen atoms in total. The molecule has 2 heterocycles. The highest BCUT2D eigenvalue weighted by Gasteiger charge is 2.38. The summed E-state index contributed by atoms with van der Waals surface area (Å²) in [7, 11) is 0. The standard InChI is InChI=1S/C22H19F2N5O4/c1-2-13-10-15(6-7-17(13)33-18-8-9-26-21(25)27-18)29-19(30)12-28(22(29)31)14-4-3-5-16(11-14)32-20(23)24/h3-11,20H,2,12H2,1H3,(H2,25,26,27). The molecule has 0 atom stereocenters. The minimum atomic E-state index is -3.00. The normalized spacial score (nSPS) is 13.7. The van der Waals surface area contributed by atoms with Gasteiger partial charge in [0.25, 0.3) is 5.91 Å². The van der Waals surface area contributed by atoms with Crippen molar-refractivity contribution in [1.82, 2.24) is 9.97 Å². The summed E-state index contributed by atoms with van der Waals surface area (Å²) in [6.07, 6.45) is 2.02. The Hall–Kier alpha value is -4.28. The molecule has 3 aromatic rings. The van der Waals surface area contributed by atoms with Gasteiger partial charge in [0, 0.05) is 24.0 Å². The number of aromatic nitrogens is 2. The molecule has 170 valence electrons. The van der Waals surface area contributed by atoms with E-state index < -0.39 is 18.5 Å². The zero-order valence-electron chi connectivity index (χ0n) is 17.4. The third-order valence-electron chi connectivity index (χ3n) is 4.87. The van der Waals surface area contributed by atoms with Crippen molar-refractivity contribution in [2.75, 3.05) is 22.1 Å². The van der Waals surface area contributed by atoms with Crippen LogP contribution in [0.25, 0.3) is 0 Å². The summed E-state index contributed by atoms with van der Waals surface area (Å²) < 4.78 is 35.2. The molecule has 0 unspecified atom stereocenters. The van der Waals surface area contributed by atoms with Crippen molar-refractivity contribution in [3.8, 4) is 17.4 Å². The third-order valence-corrected chi connectivity index (χ3v) is 4.87. The van der Waals surface area contributed by atoms with E-state index in [-0.39, 0.29) is 29.8 Å². The molecule has 33 heavy (non-hydrogen) atoms. The largest absolute Gasteiger partial charge is 0.439 e. The molecule has 11 heteroatoms. The van der Waals surface area contributed by atoms with Crippen LogP contribution < -0.4 is 25.0 Å². The van der Waals surface area contributed by atoms with Crippen molar-refractivity contribution in [3.63, 3.8) is 0 Å². The second-order valence-corrected chi connectivity index (χ2v) is 6.97. The number of ether oxygens (including phenoxy) is 2. The average Bonchev–Trinajstić information content (AvgIpc) is 3.08. The second-order valence-electron chi connectivity index (χ2n) is 6.97. The number of benzene rings is 2. The molecule has 0 radical (unpaired) electrons. The predicted molar refractivity (Wildman–Crippen MR) is 116 cm³/mol. The summed E-state index contributed by atoms with van der Waals surface area (Å²) in [4.78, 5) is 35.8. The predicted octanol–water partition coefficient (Wildman–Crippen LogP) is 3.99. The van der Waals surface area contributed by atoms with Gasteiger partial charge in [-0.25, -0.2) is 14.7 Å². The van der Waals surface area contributed by atoms with Crippen LogP contribution in [0.5, 0.6) is 17.4 Å². The highest BCUT2D eigenvalue weighted by Crippen LogP contribution is 2.33. The molecule has 2 N–H and O–H groups in total. The Labute approximate surface area is 187 Å². The van der Waals surface area contributed by atoms with E-state index in [9.17, 15) is 18.4 Å². The molecular formula is C22H19F2N5O4. The lowest BCUT2D eigenvalue weighted by Crippen LogP contribution is -2.33. The fourth-order valence-corrected chi connectivity index (χ4v) is 3.39. The lowest BCUT2D eigenvalue weighted by Gasteiger charge is -2.19. The first-order valence-corrected chi connectivity index (χ1v) is 9.94. The third kappa shape index (κ3) is 4.66. The van der Waals surface area contributed by atoms with Gasteiger partial charge in [0.2, 0.25) is 11.8 Å². The topological polar surface area (TPSA) is 111 Å². The number of carbonyl (C=O) groups excluding carboxylic acids is 2. The zero-order valence-corrected chi connectivity index (χ0v) is 17.4. The number of nitrogens with two attached hydrogens (primary N) is 1. The number of hydrogen-bond acceptors (Lipinski definition) is 7. The molecule has 0 spiro atoms. The molecule has 0 aliphatic carbocycles. The van der Waals surface area contributed by atoms with E-state index in [1.54, 1.807) is 24.3 Å². The van der Waals surface area contributed by atoms with Crippen LogP contribution in [0.1, 0.15) is 12.5 Å². The van der Waals surface area contributed by atoms with Crippen molar-refractivity contribution >= 4 is 29.3 Å². The fourth-order valence-electron chi connectivity index (χ4n) is 3.39. The monoisotopic (exact) mass is 455 g/mol. The summed E-state index contributed by atoms with van der Waals surface area (Å²) in [6, 6.07) is 11.5. The number of urea groups is 1. The number of aryl methyl sites for hydroxylation is 1. The lowest BCUT2D eigenvalue weighted by molar-refractivity contribution is -0.115. The van der Waals surface area contributed by atoms with Gasteiger partial charge in [-0.1, -0.05) is 13.0 Å². The van der Waals surface area contributed by atoms with Gasteiger partial charge < -0.3 is 15.2 Å². The van der Waals surface area contributed by atoms with Gasteiger partial charge in [-0.15, -0.1) is 0 Å². The quantitative estimate of drug-likeness (QED) is 0.536. The molecule has 0 saturated carbocycles. The summed E-state index contributed by atoms with van der Waals surface area (Å²) in [6.45, 7) is -1.34. The van der Waals surface area contributed by atoms with Crippen molar-refractivity contribution < 1.29 is 27.8 Å². The highest BCUT2D eigenvalue weighted by atomic mass is 19.3. The van der Waals surface area contributed by atoms with Crippen LogP contribution in [0.2, 0.25) is 0 Å². The summed E-state index contributed by atoms with van der Waals surface area (Å²) in [5.74, 6) is 0.252. The Morgan fingerprint density at radius 3 is 2.67 bits per heavy atom. The van der Waals surface area contributed by atoms with Crippen LogP contribution in [0.3, 0.4) is 0 Å². The van der Waals surface area contributed by atoms with Crippen LogP contribution in [0.4, 0.5) is 30.9 Å². The Bertz CT molecular complexity index is 1210. The van der Waals surface area contributed by atoms with Crippen LogP contribution >= 0.6 is 0 Å². The van der Waals surface area contributed by atoms with E-state index in [1.807, 2.05) is 6.92 Å². The highest BCUT2D eigenvalue weighted by molar-refractivity contribution is 6.27. The lowest BCUT2D eigenvalue weighted by atomic mass is 10.1. The number of imide groups is 1. The number of anilines is 3. The van der Waals surface area contributed by atoms with Gasteiger partial charge in [0.15, 0.2) is 0 Å². The van der Waals surface area contributed by atoms with Crippen molar-refractivity contribution in [3.05, 3.63) is 60.3 Å². The summed E-state index contributed by atoms with van der Waals surface area (Å²) >= 11 is 0. The molecule has 1 aliphatic heterocycles. The maximum absolute atomic E-state index is 13.0. The first kappa shape index (κ1) is 21.9. The molecule has 0 bridgehead atoms. The number of nitrogen functional groups attached to an aromatic ring is 1. The molecular weight excluding hydrogens is 436 g/mol. The van der Waals surface area contributed by atoms with Gasteiger partial charge in [0.05, 0.1) is 5.69 Å². The van der Waals surface area contributed by atoms with Gasteiger partial charge >= 0.3 is 12.6 Å². The fraction of sp³-hybridized carbons (Fsp3) is 0.182. The first-order chi connectivity index (χ1) is 15.9. The maximum Gasteiger partial charge on any atom is 0.387 e. The molecule has 1 fully saturated rings. The molecule has 1 aromatic heterocycles. The van der Waals surface area contributed by atoms with Gasteiger partial charge in [-0.05, 0) is 42.3 Å². The molecule has 1 saturated heterocycles. The van der Waals surface area contributed by atoms with Crippen LogP contribution in [-0.2, 0) is 11.2 Å². The Morgan fingerprint density at radius 2 is 1.94 bits per heavy atom. The average molecular weight is 455 g/mol. The molecule has 4 rings (SSSR count). The number of nitrogens with zero attached hydrogens (tertiary/aromatic N) is 4. The smallest absolute Gasteiger partial charge is 0.387 e. The van der Waals surface area contributed by atoms with E-state index in [1.165, 1.54) is 35.4 Å². The van der Waals surface area contributed by atoms with Crippen molar-refractivity contribution in [2.24, 2.45) is 0 Å². The van der Waals surface area contributed by atoms with Crippen LogP contribution in [0, 0.1) is 0 Å². The minimum Gasteiger partial charge on any atom is -0.439 e. The van der Waals surface area contributed by atoms with Crippen molar-refractivity contribution in [2.45, 2.75) is 20.0 Å². The number of hydrogen-bond donors (Lipinski definition) is 1. The number of alkyl halides is 2. The zero-order chi connectivity index (χ0) is 23.5. The first-order valence-electron chi connectivity index (χ1n) is 9.94. The Balaban J connectivity index is 1.59. The van der Waals surface area contributed by atoms with E-state index in [0.29, 0.717) is 17.9 Å². The minimum absolute atomic E-state index is 0.0681. The van der Waals surface area contributed by atoms with Gasteiger partial charge in [0.1, 0.15) is 18.0 Å². The number of rotatable bonds is 7. The van der Waals surface area contributed by atoms with E-state index in [2.05, 4.69) is 14.7 Å². The van der Waals surface area contributed by atoms with E-state index in [0.717, 1.165) is 10.5 Å². The second kappa shape index (κ2) is 9.07. The number of amides is 3. The van der Waals surface area contributed by atoms with Crippen molar-refractivity contribution in [1.29, 1.82) is 0 Å². The SMILES string of the molecule is CCc1cc(N2C(=O)CN(c3cccc(OC(F)F)c3)C2=O)ccc1Oc1ccnc(N)n1. The van der Waals surface area contributed by atoms with Gasteiger partial charge in [-0.3, -0.25) is 9.69 Å². The summed E-state index contributed by atoms with van der Waals surface area (Å²) in [5.41, 5.74) is 6.94. The van der Waals surface area contributed by atoms with Crippen LogP contribution in [-0.4, -0.2) is 35.1 Å². The van der Waals surface area contributed by atoms with E-state index in [4.69, 9.17) is 10.5 Å². The molecule has 1 aliphatic rings. The Morgan fingerprint density at radius 1 is 1.12 bits per heavy atom. The molecule has 3 amide bonds. The number of halogens is 2. The molecule has 2 aromatic carbocycles. The summed E-state index contributed by atoms with van der Waals surface area (Å²) in [5, 5.41) is 0. The number of carbonyl (C=O) groups is 2. The van der Waals surface area contributed by atoms with Gasteiger partial charge in [-0.2, -0.15) is 13.8 Å². The van der Waals surface area contributed by atoms with E-state index >= 15 is 0 Å². The van der Waals surface area contributed by atoms with Crippen LogP contribution in [0.15, 0.2) is 54.7 Å².